The summed E-state index contributed by atoms with van der Waals surface area (Å²) in [5.74, 6) is 0.0947. The monoisotopic (exact) mass is 285 g/mol. The largest absolute Gasteiger partial charge is 0.349 e. The molecule has 0 aliphatic carbocycles. The van der Waals surface area contributed by atoms with Gasteiger partial charge in [-0.05, 0) is 37.5 Å². The van der Waals surface area contributed by atoms with E-state index in [1.54, 1.807) is 26.0 Å². The van der Waals surface area contributed by atoms with Crippen LogP contribution in [0.15, 0.2) is 24.3 Å². The predicted molar refractivity (Wildman–Crippen MR) is 76.6 cm³/mol. The molecular formula is C15H21ClFNO. The van der Waals surface area contributed by atoms with Gasteiger partial charge in [0.05, 0.1) is 11.5 Å². The number of nitrogens with one attached hydrogen (secondary N) is 1. The van der Waals surface area contributed by atoms with E-state index < -0.39 is 5.41 Å². The van der Waals surface area contributed by atoms with Gasteiger partial charge in [0.25, 0.3) is 0 Å². The SMILES string of the molecule is CC(C)C(NC(=O)C(C)(C)CCl)c1ccc(F)cc1. The van der Waals surface area contributed by atoms with Gasteiger partial charge in [0, 0.05) is 5.88 Å². The first-order chi connectivity index (χ1) is 8.77. The highest BCUT2D eigenvalue weighted by Crippen LogP contribution is 2.25. The molecule has 2 nitrogen and oxygen atoms in total. The third-order valence-corrected chi connectivity index (χ3v) is 3.80. The molecule has 1 atom stereocenters. The van der Waals surface area contributed by atoms with E-state index >= 15 is 0 Å². The summed E-state index contributed by atoms with van der Waals surface area (Å²) >= 11 is 5.81. The average Bonchev–Trinajstić information content (AvgIpc) is 2.36. The van der Waals surface area contributed by atoms with Gasteiger partial charge in [0.15, 0.2) is 0 Å². The lowest BCUT2D eigenvalue weighted by molar-refractivity contribution is -0.129. The summed E-state index contributed by atoms with van der Waals surface area (Å²) in [4.78, 5) is 12.2. The Morgan fingerprint density at radius 2 is 1.84 bits per heavy atom. The fourth-order valence-electron chi connectivity index (χ4n) is 1.70. The summed E-state index contributed by atoms with van der Waals surface area (Å²) in [6, 6.07) is 6.07. The Labute approximate surface area is 119 Å². The number of carbonyl (C=O) groups excluding carboxylic acids is 1. The van der Waals surface area contributed by atoms with E-state index in [1.807, 2.05) is 13.8 Å². The maximum absolute atomic E-state index is 13.0. The number of alkyl halides is 1. The summed E-state index contributed by atoms with van der Waals surface area (Å²) in [5.41, 5.74) is 0.282. The highest BCUT2D eigenvalue weighted by Gasteiger charge is 2.29. The van der Waals surface area contributed by atoms with Crippen LogP contribution in [-0.2, 0) is 4.79 Å². The zero-order valence-corrected chi connectivity index (χ0v) is 12.6. The quantitative estimate of drug-likeness (QED) is 0.817. The number of amides is 1. The molecule has 4 heteroatoms. The van der Waals surface area contributed by atoms with Crippen molar-refractivity contribution in [1.29, 1.82) is 0 Å². The Balaban J connectivity index is 2.91. The maximum atomic E-state index is 13.0. The van der Waals surface area contributed by atoms with E-state index in [9.17, 15) is 9.18 Å². The van der Waals surface area contributed by atoms with E-state index in [-0.39, 0.29) is 29.6 Å². The van der Waals surface area contributed by atoms with Gasteiger partial charge in [-0.15, -0.1) is 11.6 Å². The molecule has 0 saturated heterocycles. The summed E-state index contributed by atoms with van der Waals surface area (Å²) < 4.78 is 13.0. The molecule has 0 aromatic heterocycles. The van der Waals surface area contributed by atoms with Crippen LogP contribution in [0.25, 0.3) is 0 Å². The number of hydrogen-bond acceptors (Lipinski definition) is 1. The van der Waals surface area contributed by atoms with E-state index in [4.69, 9.17) is 11.6 Å². The minimum atomic E-state index is -0.616. The second-order valence-corrected chi connectivity index (χ2v) is 6.03. The van der Waals surface area contributed by atoms with Crippen molar-refractivity contribution in [3.63, 3.8) is 0 Å². The molecule has 0 heterocycles. The standard InChI is InChI=1S/C15H21ClFNO/c1-10(2)13(11-5-7-12(17)8-6-11)18-14(19)15(3,4)9-16/h5-8,10,13H,9H2,1-4H3,(H,18,19). The average molecular weight is 286 g/mol. The van der Waals surface area contributed by atoms with E-state index in [0.29, 0.717) is 0 Å². The van der Waals surface area contributed by atoms with E-state index in [1.165, 1.54) is 12.1 Å². The number of halogens is 2. The zero-order valence-electron chi connectivity index (χ0n) is 11.8. The summed E-state index contributed by atoms with van der Waals surface area (Å²) in [5, 5.41) is 3.00. The van der Waals surface area contributed by atoms with Gasteiger partial charge in [-0.1, -0.05) is 26.0 Å². The van der Waals surface area contributed by atoms with Crippen LogP contribution in [0.1, 0.15) is 39.3 Å². The van der Waals surface area contributed by atoms with E-state index in [0.717, 1.165) is 5.56 Å². The van der Waals surface area contributed by atoms with Crippen molar-refractivity contribution in [2.75, 3.05) is 5.88 Å². The van der Waals surface area contributed by atoms with Crippen LogP contribution in [0.5, 0.6) is 0 Å². The Kier molecular flexibility index (Phi) is 5.36. The second-order valence-electron chi connectivity index (χ2n) is 5.76. The Morgan fingerprint density at radius 3 is 2.26 bits per heavy atom. The Bertz CT molecular complexity index is 428. The molecular weight excluding hydrogens is 265 g/mol. The Hall–Kier alpha value is -1.09. The predicted octanol–water partition coefficient (Wildman–Crippen LogP) is 3.90. The van der Waals surface area contributed by atoms with Gasteiger partial charge in [-0.3, -0.25) is 4.79 Å². The molecule has 1 aromatic rings. The second kappa shape index (κ2) is 6.38. The number of hydrogen-bond donors (Lipinski definition) is 1. The van der Waals surface area contributed by atoms with Crippen molar-refractivity contribution in [1.82, 2.24) is 5.32 Å². The lowest BCUT2D eigenvalue weighted by Gasteiger charge is -2.28. The topological polar surface area (TPSA) is 29.1 Å². The third-order valence-electron chi connectivity index (χ3n) is 3.13. The Morgan fingerprint density at radius 1 is 1.32 bits per heavy atom. The molecule has 1 rings (SSSR count). The highest BCUT2D eigenvalue weighted by molar-refractivity contribution is 6.19. The fraction of sp³-hybridized carbons (Fsp3) is 0.533. The minimum Gasteiger partial charge on any atom is -0.349 e. The molecule has 1 aromatic carbocycles. The van der Waals surface area contributed by atoms with Crippen molar-refractivity contribution in [3.05, 3.63) is 35.6 Å². The highest BCUT2D eigenvalue weighted by atomic mass is 35.5. The van der Waals surface area contributed by atoms with Gasteiger partial charge in [0.1, 0.15) is 5.82 Å². The first kappa shape index (κ1) is 16.0. The number of rotatable bonds is 5. The van der Waals surface area contributed by atoms with E-state index in [2.05, 4.69) is 5.32 Å². The van der Waals surface area contributed by atoms with Gasteiger partial charge in [0.2, 0.25) is 5.91 Å². The lowest BCUT2D eigenvalue weighted by Crippen LogP contribution is -2.41. The summed E-state index contributed by atoms with van der Waals surface area (Å²) in [6.07, 6.45) is 0. The number of carbonyl (C=O) groups is 1. The van der Waals surface area contributed by atoms with Crippen molar-refractivity contribution in [2.24, 2.45) is 11.3 Å². The fourth-order valence-corrected chi connectivity index (χ4v) is 1.82. The molecule has 106 valence electrons. The molecule has 0 aliphatic heterocycles. The molecule has 0 radical (unpaired) electrons. The number of benzene rings is 1. The van der Waals surface area contributed by atoms with Crippen molar-refractivity contribution in [2.45, 2.75) is 33.7 Å². The van der Waals surface area contributed by atoms with Crippen molar-refractivity contribution in [3.8, 4) is 0 Å². The molecule has 1 N–H and O–H groups in total. The maximum Gasteiger partial charge on any atom is 0.227 e. The zero-order chi connectivity index (χ0) is 14.6. The molecule has 0 aliphatic rings. The minimum absolute atomic E-state index is 0.0921. The molecule has 19 heavy (non-hydrogen) atoms. The third kappa shape index (κ3) is 4.20. The normalized spacial score (nSPS) is 13.4. The molecule has 1 unspecified atom stereocenters. The van der Waals surface area contributed by atoms with Crippen LogP contribution in [0, 0.1) is 17.2 Å². The lowest BCUT2D eigenvalue weighted by atomic mass is 9.91. The van der Waals surface area contributed by atoms with Crippen molar-refractivity contribution < 1.29 is 9.18 Å². The van der Waals surface area contributed by atoms with Crippen LogP contribution in [-0.4, -0.2) is 11.8 Å². The molecule has 1 amide bonds. The smallest absolute Gasteiger partial charge is 0.227 e. The first-order valence-electron chi connectivity index (χ1n) is 6.40. The van der Waals surface area contributed by atoms with Crippen LogP contribution in [0.4, 0.5) is 4.39 Å². The van der Waals surface area contributed by atoms with Crippen LogP contribution < -0.4 is 5.32 Å². The van der Waals surface area contributed by atoms with Gasteiger partial charge >= 0.3 is 0 Å². The van der Waals surface area contributed by atoms with Crippen LogP contribution in [0.2, 0.25) is 0 Å². The molecule has 0 bridgehead atoms. The van der Waals surface area contributed by atoms with Gasteiger partial charge in [-0.25, -0.2) is 4.39 Å². The van der Waals surface area contributed by atoms with Crippen LogP contribution >= 0.6 is 11.6 Å². The van der Waals surface area contributed by atoms with Crippen molar-refractivity contribution >= 4 is 17.5 Å². The molecule has 0 saturated carbocycles. The summed E-state index contributed by atoms with van der Waals surface area (Å²) in [7, 11) is 0. The van der Waals surface area contributed by atoms with Gasteiger partial charge in [-0.2, -0.15) is 0 Å². The molecule has 0 spiro atoms. The summed E-state index contributed by atoms with van der Waals surface area (Å²) in [6.45, 7) is 7.64. The molecule has 0 fully saturated rings. The van der Waals surface area contributed by atoms with Crippen LogP contribution in [0.3, 0.4) is 0 Å². The van der Waals surface area contributed by atoms with Gasteiger partial charge < -0.3 is 5.32 Å². The first-order valence-corrected chi connectivity index (χ1v) is 6.94.